The van der Waals surface area contributed by atoms with E-state index in [1.165, 1.54) is 0 Å². The Labute approximate surface area is 140 Å². The number of carbonyl (C=O) groups is 1. The van der Waals surface area contributed by atoms with Crippen molar-refractivity contribution in [3.05, 3.63) is 29.8 Å². The average Bonchev–Trinajstić information content (AvgIpc) is 2.45. The Morgan fingerprint density at radius 3 is 2.70 bits per heavy atom. The number of para-hydroxylation sites is 1. The number of carbonyl (C=O) groups excluding carboxylic acids is 1. The second kappa shape index (κ2) is 8.55. The maximum Gasteiger partial charge on any atom is 0.389 e. The Balaban J connectivity index is 0.00000264. The first-order valence-electron chi connectivity index (χ1n) is 7.54. The summed E-state index contributed by atoms with van der Waals surface area (Å²) in [6.07, 6.45) is -3.70. The largest absolute Gasteiger partial charge is 0.389 e. The second-order valence-electron chi connectivity index (χ2n) is 5.84. The zero-order chi connectivity index (χ0) is 16.2. The van der Waals surface area contributed by atoms with Crippen LogP contribution in [0.2, 0.25) is 0 Å². The van der Waals surface area contributed by atoms with Crippen LogP contribution in [-0.4, -0.2) is 24.7 Å². The summed E-state index contributed by atoms with van der Waals surface area (Å²) in [5.74, 6) is -0.195. The lowest BCUT2D eigenvalue weighted by Gasteiger charge is -2.27. The maximum atomic E-state index is 12.4. The molecule has 1 aliphatic heterocycles. The minimum absolute atomic E-state index is 0. The summed E-state index contributed by atoms with van der Waals surface area (Å²) in [7, 11) is 0. The monoisotopic (exact) mass is 350 g/mol. The molecule has 0 aliphatic carbocycles. The normalized spacial score (nSPS) is 21.4. The van der Waals surface area contributed by atoms with Crippen molar-refractivity contribution in [2.75, 3.05) is 11.9 Å². The number of rotatable bonds is 4. The highest BCUT2D eigenvalue weighted by molar-refractivity contribution is 5.93. The highest BCUT2D eigenvalue weighted by atomic mass is 35.5. The summed E-state index contributed by atoms with van der Waals surface area (Å²) in [6, 6.07) is 6.98. The third-order valence-corrected chi connectivity index (χ3v) is 3.95. The van der Waals surface area contributed by atoms with Gasteiger partial charge in [0.25, 0.3) is 0 Å². The molecule has 1 heterocycles. The van der Waals surface area contributed by atoms with E-state index in [1.54, 1.807) is 24.3 Å². The van der Waals surface area contributed by atoms with E-state index in [-0.39, 0.29) is 36.7 Å². The van der Waals surface area contributed by atoms with E-state index < -0.39 is 12.6 Å². The first kappa shape index (κ1) is 19.8. The van der Waals surface area contributed by atoms with Crippen LogP contribution in [0.5, 0.6) is 0 Å². The molecule has 1 saturated heterocycles. The van der Waals surface area contributed by atoms with Crippen molar-refractivity contribution in [1.29, 1.82) is 0 Å². The SMILES string of the molecule is C[C@H]1C[C@@H](C(=O)Nc2ccccc2CCC(F)(F)F)CCN1.Cl. The Bertz CT molecular complexity index is 522. The van der Waals surface area contributed by atoms with Gasteiger partial charge in [-0.3, -0.25) is 4.79 Å². The summed E-state index contributed by atoms with van der Waals surface area (Å²) in [5, 5.41) is 6.08. The van der Waals surface area contributed by atoms with Gasteiger partial charge in [-0.15, -0.1) is 12.4 Å². The van der Waals surface area contributed by atoms with Gasteiger partial charge in [0.1, 0.15) is 0 Å². The van der Waals surface area contributed by atoms with Crippen molar-refractivity contribution < 1.29 is 18.0 Å². The molecule has 130 valence electrons. The molecule has 0 aromatic heterocycles. The summed E-state index contributed by atoms with van der Waals surface area (Å²) in [6.45, 7) is 2.81. The molecule has 1 aliphatic rings. The van der Waals surface area contributed by atoms with E-state index in [0.29, 0.717) is 11.3 Å². The standard InChI is InChI=1S/C16H21F3N2O.ClH/c1-11-10-13(7-9-20-11)15(22)21-14-5-3-2-4-12(14)6-8-16(17,18)19;/h2-5,11,13,20H,6-10H2,1H3,(H,21,22);1H/t11-,13-;/m0./s1. The zero-order valence-electron chi connectivity index (χ0n) is 13.0. The number of aryl methyl sites for hydroxylation is 1. The van der Waals surface area contributed by atoms with Gasteiger partial charge in [0.05, 0.1) is 0 Å². The van der Waals surface area contributed by atoms with Crippen LogP contribution in [0.25, 0.3) is 0 Å². The molecule has 23 heavy (non-hydrogen) atoms. The first-order valence-corrected chi connectivity index (χ1v) is 7.54. The van der Waals surface area contributed by atoms with Crippen molar-refractivity contribution in [2.45, 2.75) is 44.8 Å². The topological polar surface area (TPSA) is 41.1 Å². The number of hydrogen-bond donors (Lipinski definition) is 2. The molecule has 2 N–H and O–H groups in total. The lowest BCUT2D eigenvalue weighted by atomic mass is 9.92. The van der Waals surface area contributed by atoms with Crippen LogP contribution in [0.1, 0.15) is 31.7 Å². The predicted octanol–water partition coefficient (Wildman–Crippen LogP) is 3.93. The minimum Gasteiger partial charge on any atom is -0.326 e. The minimum atomic E-state index is -4.19. The average molecular weight is 351 g/mol. The first-order chi connectivity index (χ1) is 10.3. The lowest BCUT2D eigenvalue weighted by molar-refractivity contribution is -0.133. The second-order valence-corrected chi connectivity index (χ2v) is 5.84. The molecule has 1 amide bonds. The van der Waals surface area contributed by atoms with Crippen molar-refractivity contribution in [3.8, 4) is 0 Å². The Hall–Kier alpha value is -1.27. The zero-order valence-corrected chi connectivity index (χ0v) is 13.8. The molecule has 1 fully saturated rings. The maximum absolute atomic E-state index is 12.4. The van der Waals surface area contributed by atoms with Crippen LogP contribution < -0.4 is 10.6 Å². The summed E-state index contributed by atoms with van der Waals surface area (Å²) in [4.78, 5) is 12.3. The molecule has 7 heteroatoms. The van der Waals surface area contributed by atoms with Crippen LogP contribution in [0.3, 0.4) is 0 Å². The number of halogens is 4. The lowest BCUT2D eigenvalue weighted by Crippen LogP contribution is -2.40. The summed E-state index contributed by atoms with van der Waals surface area (Å²) >= 11 is 0. The molecule has 1 aromatic rings. The molecular weight excluding hydrogens is 329 g/mol. The van der Waals surface area contributed by atoms with E-state index in [0.717, 1.165) is 19.4 Å². The van der Waals surface area contributed by atoms with Gasteiger partial charge < -0.3 is 10.6 Å². The number of hydrogen-bond acceptors (Lipinski definition) is 2. The molecule has 0 unspecified atom stereocenters. The number of alkyl halides is 3. The molecule has 1 aromatic carbocycles. The number of benzene rings is 1. The van der Waals surface area contributed by atoms with Gasteiger partial charge in [0.2, 0.25) is 5.91 Å². The number of anilines is 1. The van der Waals surface area contributed by atoms with Gasteiger partial charge in [0, 0.05) is 24.1 Å². The highest BCUT2D eigenvalue weighted by Crippen LogP contribution is 2.26. The number of amides is 1. The van der Waals surface area contributed by atoms with E-state index >= 15 is 0 Å². The summed E-state index contributed by atoms with van der Waals surface area (Å²) in [5.41, 5.74) is 1.01. The fraction of sp³-hybridized carbons (Fsp3) is 0.562. The van der Waals surface area contributed by atoms with Gasteiger partial charge in [-0.1, -0.05) is 18.2 Å². The molecule has 0 saturated carbocycles. The van der Waals surface area contributed by atoms with E-state index in [4.69, 9.17) is 0 Å². The fourth-order valence-corrected chi connectivity index (χ4v) is 2.74. The van der Waals surface area contributed by atoms with Crippen LogP contribution in [-0.2, 0) is 11.2 Å². The molecule has 0 radical (unpaired) electrons. The van der Waals surface area contributed by atoms with E-state index in [2.05, 4.69) is 10.6 Å². The number of nitrogens with one attached hydrogen (secondary N) is 2. The van der Waals surface area contributed by atoms with E-state index in [9.17, 15) is 18.0 Å². The van der Waals surface area contributed by atoms with Gasteiger partial charge in [-0.2, -0.15) is 13.2 Å². The van der Waals surface area contributed by atoms with Crippen molar-refractivity contribution in [3.63, 3.8) is 0 Å². The van der Waals surface area contributed by atoms with Gasteiger partial charge in [-0.05, 0) is 44.4 Å². The van der Waals surface area contributed by atoms with Gasteiger partial charge in [0.15, 0.2) is 0 Å². The Morgan fingerprint density at radius 1 is 1.35 bits per heavy atom. The van der Waals surface area contributed by atoms with Gasteiger partial charge >= 0.3 is 6.18 Å². The highest BCUT2D eigenvalue weighted by Gasteiger charge is 2.28. The summed E-state index contributed by atoms with van der Waals surface area (Å²) < 4.78 is 37.1. The molecule has 3 nitrogen and oxygen atoms in total. The smallest absolute Gasteiger partial charge is 0.326 e. The Kier molecular flexibility index (Phi) is 7.35. The van der Waals surface area contributed by atoms with Crippen LogP contribution in [0.15, 0.2) is 24.3 Å². The van der Waals surface area contributed by atoms with E-state index in [1.807, 2.05) is 6.92 Å². The predicted molar refractivity (Wildman–Crippen MR) is 86.9 cm³/mol. The van der Waals surface area contributed by atoms with Gasteiger partial charge in [-0.25, -0.2) is 0 Å². The fourth-order valence-electron chi connectivity index (χ4n) is 2.74. The van der Waals surface area contributed by atoms with Crippen molar-refractivity contribution >= 4 is 24.0 Å². The quantitative estimate of drug-likeness (QED) is 0.863. The van der Waals surface area contributed by atoms with Crippen LogP contribution in [0, 0.1) is 5.92 Å². The molecule has 2 rings (SSSR count). The van der Waals surface area contributed by atoms with Crippen molar-refractivity contribution in [2.24, 2.45) is 5.92 Å². The van der Waals surface area contributed by atoms with Crippen molar-refractivity contribution in [1.82, 2.24) is 5.32 Å². The molecular formula is C16H22ClF3N2O. The Morgan fingerprint density at radius 2 is 2.04 bits per heavy atom. The third-order valence-electron chi connectivity index (χ3n) is 3.95. The van der Waals surface area contributed by atoms with Crippen LogP contribution >= 0.6 is 12.4 Å². The molecule has 0 bridgehead atoms. The molecule has 0 spiro atoms. The third kappa shape index (κ3) is 6.39. The van der Waals surface area contributed by atoms with Crippen LogP contribution in [0.4, 0.5) is 18.9 Å². The number of piperidine rings is 1. The molecule has 2 atom stereocenters.